The van der Waals surface area contributed by atoms with Crippen LogP contribution in [0.4, 0.5) is 0 Å². The summed E-state index contributed by atoms with van der Waals surface area (Å²) in [4.78, 5) is 6.66. The molecule has 0 aromatic carbocycles. The van der Waals surface area contributed by atoms with Gasteiger partial charge in [0.15, 0.2) is 15.8 Å². The van der Waals surface area contributed by atoms with Gasteiger partial charge in [0, 0.05) is 32.9 Å². The first kappa shape index (κ1) is 16.8. The van der Waals surface area contributed by atoms with Crippen LogP contribution in [0.2, 0.25) is 0 Å². The molecule has 0 saturated carbocycles. The van der Waals surface area contributed by atoms with Crippen LogP contribution in [0.5, 0.6) is 0 Å². The second-order valence-corrected chi connectivity index (χ2v) is 8.86. The lowest BCUT2D eigenvalue weighted by Crippen LogP contribution is -2.57. The molecule has 0 radical (unpaired) electrons. The van der Waals surface area contributed by atoms with Crippen LogP contribution in [0.3, 0.4) is 0 Å². The highest BCUT2D eigenvalue weighted by molar-refractivity contribution is 7.92. The summed E-state index contributed by atoms with van der Waals surface area (Å²) in [6, 6.07) is 1.93. The maximum atomic E-state index is 12.1. The molecule has 2 rings (SSSR count). The van der Waals surface area contributed by atoms with Crippen LogP contribution in [-0.4, -0.2) is 59.2 Å². The van der Waals surface area contributed by atoms with Crippen molar-refractivity contribution >= 4 is 15.8 Å². The first-order valence-electron chi connectivity index (χ1n) is 7.49. The van der Waals surface area contributed by atoms with Crippen molar-refractivity contribution in [3.05, 3.63) is 18.0 Å². The van der Waals surface area contributed by atoms with E-state index in [0.29, 0.717) is 19.6 Å². The summed E-state index contributed by atoms with van der Waals surface area (Å²) in [7, 11) is -1.16. The summed E-state index contributed by atoms with van der Waals surface area (Å²) in [5.41, 5.74) is 1.01. The molecule has 8 heteroatoms. The monoisotopic (exact) mass is 327 g/mol. The fourth-order valence-corrected chi connectivity index (χ4v) is 3.83. The summed E-state index contributed by atoms with van der Waals surface area (Å²) in [6.45, 7) is 7.75. The number of aliphatic imine (C=N–C) groups is 1. The van der Waals surface area contributed by atoms with E-state index < -0.39 is 14.6 Å². The van der Waals surface area contributed by atoms with E-state index in [9.17, 15) is 8.42 Å². The highest BCUT2D eigenvalue weighted by Gasteiger charge is 2.40. The van der Waals surface area contributed by atoms with Gasteiger partial charge < -0.3 is 10.2 Å². The Labute approximate surface area is 132 Å². The molecule has 1 aromatic rings. The molecule has 1 N–H and O–H groups in total. The zero-order valence-corrected chi connectivity index (χ0v) is 14.5. The molecule has 0 unspecified atom stereocenters. The molecule has 0 bridgehead atoms. The summed E-state index contributed by atoms with van der Waals surface area (Å²) in [6.07, 6.45) is 1.74. The van der Waals surface area contributed by atoms with Crippen molar-refractivity contribution in [3.8, 4) is 0 Å². The third-order valence-electron chi connectivity index (χ3n) is 3.99. The maximum Gasteiger partial charge on any atom is 0.194 e. The minimum Gasteiger partial charge on any atom is -0.357 e. The summed E-state index contributed by atoms with van der Waals surface area (Å²) < 4.78 is 25.3. The lowest BCUT2D eigenvalue weighted by molar-refractivity contribution is 0.353. The number of aryl methyl sites for hydroxylation is 1. The van der Waals surface area contributed by atoms with Gasteiger partial charge in [0.2, 0.25) is 0 Å². The Bertz CT molecular complexity index is 648. The van der Waals surface area contributed by atoms with E-state index in [1.807, 2.05) is 24.9 Å². The minimum atomic E-state index is -3.05. The van der Waals surface area contributed by atoms with E-state index in [-0.39, 0.29) is 5.75 Å². The Balaban J connectivity index is 2.16. The largest absolute Gasteiger partial charge is 0.357 e. The van der Waals surface area contributed by atoms with Gasteiger partial charge in [-0.2, -0.15) is 5.10 Å². The van der Waals surface area contributed by atoms with Gasteiger partial charge >= 0.3 is 0 Å². The first-order chi connectivity index (χ1) is 10.3. The van der Waals surface area contributed by atoms with Gasteiger partial charge in [-0.3, -0.25) is 4.68 Å². The second-order valence-electron chi connectivity index (χ2n) is 6.12. The van der Waals surface area contributed by atoms with E-state index in [1.54, 1.807) is 24.7 Å². The lowest BCUT2D eigenvalue weighted by Gasteiger charge is -2.39. The fourth-order valence-electron chi connectivity index (χ4n) is 2.46. The lowest BCUT2D eigenvalue weighted by atomic mass is 10.2. The van der Waals surface area contributed by atoms with E-state index >= 15 is 0 Å². The summed E-state index contributed by atoms with van der Waals surface area (Å²) in [5, 5.41) is 7.38. The molecule has 1 aliphatic rings. The molecule has 1 saturated heterocycles. The Morgan fingerprint density at radius 2 is 2.23 bits per heavy atom. The highest BCUT2D eigenvalue weighted by Crippen LogP contribution is 2.23. The predicted octanol–water partition coefficient (Wildman–Crippen LogP) is 0.395. The van der Waals surface area contributed by atoms with Gasteiger partial charge in [0.25, 0.3) is 0 Å². The van der Waals surface area contributed by atoms with E-state index in [0.717, 1.165) is 18.2 Å². The van der Waals surface area contributed by atoms with Crippen molar-refractivity contribution in [2.75, 3.05) is 25.4 Å². The molecule has 0 amide bonds. The minimum absolute atomic E-state index is 0.163. The number of guanidine groups is 1. The SMILES string of the molecule is CCNC(=NCc1ccnn1C)N1CCS(=O)(=O)C(C)(C)C1. The average Bonchev–Trinajstić information content (AvgIpc) is 2.83. The fraction of sp³-hybridized carbons (Fsp3) is 0.714. The normalized spacial score (nSPS) is 20.9. The van der Waals surface area contributed by atoms with Gasteiger partial charge in [-0.25, -0.2) is 13.4 Å². The third kappa shape index (κ3) is 3.43. The number of rotatable bonds is 3. The Morgan fingerprint density at radius 3 is 2.77 bits per heavy atom. The van der Waals surface area contributed by atoms with Crippen LogP contribution in [0, 0.1) is 0 Å². The second kappa shape index (κ2) is 6.28. The molecule has 0 spiro atoms. The number of hydrogen-bond donors (Lipinski definition) is 1. The number of sulfone groups is 1. The van der Waals surface area contributed by atoms with Crippen molar-refractivity contribution in [2.24, 2.45) is 12.0 Å². The number of nitrogens with one attached hydrogen (secondary N) is 1. The van der Waals surface area contributed by atoms with Crippen molar-refractivity contribution in [1.29, 1.82) is 0 Å². The zero-order chi connectivity index (χ0) is 16.4. The van der Waals surface area contributed by atoms with E-state index in [2.05, 4.69) is 15.4 Å². The summed E-state index contributed by atoms with van der Waals surface area (Å²) >= 11 is 0. The van der Waals surface area contributed by atoms with Crippen LogP contribution in [0.25, 0.3) is 0 Å². The van der Waals surface area contributed by atoms with E-state index in [1.165, 1.54) is 0 Å². The van der Waals surface area contributed by atoms with Gasteiger partial charge in [-0.05, 0) is 26.8 Å². The smallest absolute Gasteiger partial charge is 0.194 e. The molecule has 0 atom stereocenters. The predicted molar refractivity (Wildman–Crippen MR) is 87.5 cm³/mol. The quantitative estimate of drug-likeness (QED) is 0.642. The van der Waals surface area contributed by atoms with Crippen molar-refractivity contribution in [2.45, 2.75) is 32.1 Å². The van der Waals surface area contributed by atoms with Crippen LogP contribution in [-0.2, 0) is 23.4 Å². The van der Waals surface area contributed by atoms with Crippen molar-refractivity contribution < 1.29 is 8.42 Å². The number of hydrogen-bond acceptors (Lipinski definition) is 4. The van der Waals surface area contributed by atoms with Gasteiger partial charge in [0.1, 0.15) is 0 Å². The van der Waals surface area contributed by atoms with Crippen LogP contribution in [0.1, 0.15) is 26.5 Å². The molecule has 1 fully saturated rings. The Morgan fingerprint density at radius 1 is 1.50 bits per heavy atom. The van der Waals surface area contributed by atoms with Crippen molar-refractivity contribution in [1.82, 2.24) is 20.0 Å². The van der Waals surface area contributed by atoms with Crippen molar-refractivity contribution in [3.63, 3.8) is 0 Å². The number of aromatic nitrogens is 2. The molecule has 0 aliphatic carbocycles. The topological polar surface area (TPSA) is 79.6 Å². The zero-order valence-electron chi connectivity index (χ0n) is 13.7. The molecular weight excluding hydrogens is 302 g/mol. The van der Waals surface area contributed by atoms with Gasteiger partial charge in [0.05, 0.1) is 22.7 Å². The van der Waals surface area contributed by atoms with E-state index in [4.69, 9.17) is 0 Å². The molecule has 2 heterocycles. The van der Waals surface area contributed by atoms with Crippen LogP contribution in [0.15, 0.2) is 17.3 Å². The molecule has 22 heavy (non-hydrogen) atoms. The highest BCUT2D eigenvalue weighted by atomic mass is 32.2. The van der Waals surface area contributed by atoms with Gasteiger partial charge in [-0.1, -0.05) is 0 Å². The molecule has 1 aromatic heterocycles. The number of nitrogens with zero attached hydrogens (tertiary/aromatic N) is 4. The maximum absolute atomic E-state index is 12.1. The van der Waals surface area contributed by atoms with Crippen LogP contribution < -0.4 is 5.32 Å². The average molecular weight is 327 g/mol. The Hall–Kier alpha value is -1.57. The molecule has 124 valence electrons. The molecule has 7 nitrogen and oxygen atoms in total. The van der Waals surface area contributed by atoms with Crippen LogP contribution >= 0.6 is 0 Å². The summed E-state index contributed by atoms with van der Waals surface area (Å²) in [5.74, 6) is 0.919. The third-order valence-corrected chi connectivity index (χ3v) is 6.52. The molecular formula is C14H25N5O2S. The first-order valence-corrected chi connectivity index (χ1v) is 9.14. The van der Waals surface area contributed by atoms with Gasteiger partial charge in [-0.15, -0.1) is 0 Å². The Kier molecular flexibility index (Phi) is 4.79. The molecule has 1 aliphatic heterocycles. The standard InChI is InChI=1S/C14H25N5O2S/c1-5-15-13(16-10-12-6-7-17-18(12)4)19-8-9-22(20,21)14(2,3)11-19/h6-7H,5,8-11H2,1-4H3,(H,15,16).